The van der Waals surface area contributed by atoms with Gasteiger partial charge in [0.05, 0.1) is 6.10 Å². The first-order valence-electron chi connectivity index (χ1n) is 5.32. The largest absolute Gasteiger partial charge is 0.388 e. The Balaban J connectivity index is 2.46. The van der Waals surface area contributed by atoms with Crippen molar-refractivity contribution in [2.24, 2.45) is 5.92 Å². The third-order valence-electron chi connectivity index (χ3n) is 2.50. The predicted octanol–water partition coefficient (Wildman–Crippen LogP) is 2.94. The maximum absolute atomic E-state index is 9.89. The minimum Gasteiger partial charge on any atom is -0.388 e. The number of aliphatic hydroxyl groups is 1. The van der Waals surface area contributed by atoms with Crippen molar-refractivity contribution >= 4 is 0 Å². The molecule has 0 spiro atoms. The van der Waals surface area contributed by atoms with Gasteiger partial charge in [-0.05, 0) is 30.0 Å². The molecule has 1 aromatic heterocycles. The van der Waals surface area contributed by atoms with Gasteiger partial charge in [0, 0.05) is 12.4 Å². The van der Waals surface area contributed by atoms with Crippen LogP contribution in [-0.4, -0.2) is 10.1 Å². The number of hydrogen-bond donors (Lipinski definition) is 1. The molecule has 78 valence electrons. The Kier molecular flexibility index (Phi) is 4.60. The van der Waals surface area contributed by atoms with Crippen LogP contribution in [0.2, 0.25) is 0 Å². The van der Waals surface area contributed by atoms with E-state index in [-0.39, 0.29) is 6.10 Å². The van der Waals surface area contributed by atoms with Crippen LogP contribution in [-0.2, 0) is 0 Å². The zero-order chi connectivity index (χ0) is 10.4. The van der Waals surface area contributed by atoms with Crippen molar-refractivity contribution in [3.8, 4) is 0 Å². The highest BCUT2D eigenvalue weighted by Gasteiger charge is 2.11. The van der Waals surface area contributed by atoms with Crippen LogP contribution >= 0.6 is 0 Å². The van der Waals surface area contributed by atoms with Crippen LogP contribution in [0.3, 0.4) is 0 Å². The van der Waals surface area contributed by atoms with Gasteiger partial charge in [0.15, 0.2) is 0 Å². The zero-order valence-corrected chi connectivity index (χ0v) is 8.98. The topological polar surface area (TPSA) is 33.1 Å². The maximum Gasteiger partial charge on any atom is 0.0793 e. The van der Waals surface area contributed by atoms with Crippen molar-refractivity contribution in [3.63, 3.8) is 0 Å². The lowest BCUT2D eigenvalue weighted by atomic mass is 9.95. The second-order valence-corrected chi connectivity index (χ2v) is 3.93. The second kappa shape index (κ2) is 5.76. The molecule has 2 unspecified atom stereocenters. The van der Waals surface area contributed by atoms with E-state index >= 15 is 0 Å². The molecule has 0 saturated carbocycles. The third-order valence-corrected chi connectivity index (χ3v) is 2.50. The Labute approximate surface area is 86.0 Å². The van der Waals surface area contributed by atoms with E-state index in [4.69, 9.17) is 0 Å². The first-order valence-corrected chi connectivity index (χ1v) is 5.32. The highest BCUT2D eigenvalue weighted by atomic mass is 16.3. The van der Waals surface area contributed by atoms with Crippen molar-refractivity contribution in [2.45, 2.75) is 39.2 Å². The van der Waals surface area contributed by atoms with Gasteiger partial charge in [0.25, 0.3) is 0 Å². The fraction of sp³-hybridized carbons (Fsp3) is 0.583. The van der Waals surface area contributed by atoms with Crippen LogP contribution in [0.5, 0.6) is 0 Å². The fourth-order valence-electron chi connectivity index (χ4n) is 1.71. The Morgan fingerprint density at radius 2 is 2.00 bits per heavy atom. The molecule has 0 aliphatic rings. The van der Waals surface area contributed by atoms with E-state index in [2.05, 4.69) is 18.8 Å². The van der Waals surface area contributed by atoms with E-state index in [1.54, 1.807) is 12.4 Å². The molecule has 1 aromatic rings. The summed E-state index contributed by atoms with van der Waals surface area (Å²) in [7, 11) is 0. The Morgan fingerprint density at radius 1 is 1.36 bits per heavy atom. The molecule has 0 aliphatic carbocycles. The molecular formula is C12H19NO. The summed E-state index contributed by atoms with van der Waals surface area (Å²) in [6.07, 6.45) is 6.33. The number of hydrogen-bond acceptors (Lipinski definition) is 2. The van der Waals surface area contributed by atoms with Gasteiger partial charge in [-0.25, -0.2) is 0 Å². The van der Waals surface area contributed by atoms with E-state index < -0.39 is 0 Å². The number of nitrogens with zero attached hydrogens (tertiary/aromatic N) is 1. The third kappa shape index (κ3) is 3.46. The molecule has 0 saturated heterocycles. The summed E-state index contributed by atoms with van der Waals surface area (Å²) in [4.78, 5) is 3.93. The van der Waals surface area contributed by atoms with Crippen molar-refractivity contribution in [2.75, 3.05) is 0 Å². The van der Waals surface area contributed by atoms with E-state index in [9.17, 15) is 5.11 Å². The quantitative estimate of drug-likeness (QED) is 0.780. The summed E-state index contributed by atoms with van der Waals surface area (Å²) < 4.78 is 0. The van der Waals surface area contributed by atoms with Crippen molar-refractivity contribution in [1.29, 1.82) is 0 Å². The van der Waals surface area contributed by atoms with Crippen LogP contribution in [0.1, 0.15) is 44.8 Å². The first-order chi connectivity index (χ1) is 6.74. The SMILES string of the molecule is CCCC(C)CC(O)c1ccncc1. The maximum atomic E-state index is 9.89. The number of aromatic nitrogens is 1. The molecule has 0 aliphatic heterocycles. The molecule has 2 nitrogen and oxygen atoms in total. The molecule has 0 bridgehead atoms. The van der Waals surface area contributed by atoms with Gasteiger partial charge in [-0.2, -0.15) is 0 Å². The number of aliphatic hydroxyl groups excluding tert-OH is 1. The van der Waals surface area contributed by atoms with Crippen LogP contribution in [0.25, 0.3) is 0 Å². The van der Waals surface area contributed by atoms with Gasteiger partial charge in [0.2, 0.25) is 0 Å². The second-order valence-electron chi connectivity index (χ2n) is 3.93. The predicted molar refractivity (Wildman–Crippen MR) is 57.9 cm³/mol. The lowest BCUT2D eigenvalue weighted by Crippen LogP contribution is -2.04. The van der Waals surface area contributed by atoms with Crippen molar-refractivity contribution in [3.05, 3.63) is 30.1 Å². The van der Waals surface area contributed by atoms with Gasteiger partial charge in [0.1, 0.15) is 0 Å². The van der Waals surface area contributed by atoms with E-state index in [0.29, 0.717) is 5.92 Å². The van der Waals surface area contributed by atoms with Crippen LogP contribution in [0.4, 0.5) is 0 Å². The standard InChI is InChI=1S/C12H19NO/c1-3-4-10(2)9-12(14)11-5-7-13-8-6-11/h5-8,10,12,14H,3-4,9H2,1-2H3. The van der Waals surface area contributed by atoms with E-state index in [0.717, 1.165) is 12.0 Å². The van der Waals surface area contributed by atoms with Gasteiger partial charge in [-0.15, -0.1) is 0 Å². The summed E-state index contributed by atoms with van der Waals surface area (Å²) >= 11 is 0. The highest BCUT2D eigenvalue weighted by Crippen LogP contribution is 2.22. The number of rotatable bonds is 5. The minimum atomic E-state index is -0.334. The average Bonchev–Trinajstić information content (AvgIpc) is 2.19. The Hall–Kier alpha value is -0.890. The zero-order valence-electron chi connectivity index (χ0n) is 8.98. The Bertz CT molecular complexity index is 248. The molecule has 0 radical (unpaired) electrons. The molecule has 14 heavy (non-hydrogen) atoms. The summed E-state index contributed by atoms with van der Waals surface area (Å²) in [6, 6.07) is 3.76. The van der Waals surface area contributed by atoms with Crippen LogP contribution < -0.4 is 0 Å². The van der Waals surface area contributed by atoms with Crippen LogP contribution in [0, 0.1) is 5.92 Å². The smallest absolute Gasteiger partial charge is 0.0793 e. The summed E-state index contributed by atoms with van der Waals surface area (Å²) in [5.74, 6) is 0.586. The molecule has 0 aromatic carbocycles. The lowest BCUT2D eigenvalue weighted by molar-refractivity contribution is 0.145. The molecule has 2 atom stereocenters. The molecule has 1 N–H and O–H groups in total. The van der Waals surface area contributed by atoms with Crippen LogP contribution in [0.15, 0.2) is 24.5 Å². The molecule has 1 rings (SSSR count). The van der Waals surface area contributed by atoms with Gasteiger partial charge in [-0.3, -0.25) is 4.98 Å². The van der Waals surface area contributed by atoms with Gasteiger partial charge >= 0.3 is 0 Å². The minimum absolute atomic E-state index is 0.334. The molecule has 0 amide bonds. The summed E-state index contributed by atoms with van der Waals surface area (Å²) in [6.45, 7) is 4.36. The van der Waals surface area contributed by atoms with E-state index in [1.807, 2.05) is 12.1 Å². The Morgan fingerprint density at radius 3 is 2.57 bits per heavy atom. The fourth-order valence-corrected chi connectivity index (χ4v) is 1.71. The monoisotopic (exact) mass is 193 g/mol. The first kappa shape index (κ1) is 11.2. The summed E-state index contributed by atoms with van der Waals surface area (Å²) in [5, 5.41) is 9.89. The average molecular weight is 193 g/mol. The summed E-state index contributed by atoms with van der Waals surface area (Å²) in [5.41, 5.74) is 0.975. The van der Waals surface area contributed by atoms with Gasteiger partial charge < -0.3 is 5.11 Å². The lowest BCUT2D eigenvalue weighted by Gasteiger charge is -2.15. The molecule has 0 fully saturated rings. The van der Waals surface area contributed by atoms with Crippen molar-refractivity contribution < 1.29 is 5.11 Å². The molecule has 2 heteroatoms. The normalized spacial score (nSPS) is 15.1. The van der Waals surface area contributed by atoms with Crippen molar-refractivity contribution in [1.82, 2.24) is 4.98 Å². The molecular weight excluding hydrogens is 174 g/mol. The van der Waals surface area contributed by atoms with Gasteiger partial charge in [-0.1, -0.05) is 26.7 Å². The number of pyridine rings is 1. The highest BCUT2D eigenvalue weighted by molar-refractivity contribution is 5.12. The molecule has 1 heterocycles. The van der Waals surface area contributed by atoms with E-state index in [1.165, 1.54) is 12.8 Å².